The van der Waals surface area contributed by atoms with Crippen LogP contribution in [0.3, 0.4) is 0 Å². The molecule has 0 spiro atoms. The van der Waals surface area contributed by atoms with E-state index in [9.17, 15) is 28.1 Å². The lowest BCUT2D eigenvalue weighted by molar-refractivity contribution is -0.755. The van der Waals surface area contributed by atoms with Crippen LogP contribution in [0.1, 0.15) is 11.3 Å². The monoisotopic (exact) mass is 408 g/mol. The lowest BCUT2D eigenvalue weighted by atomic mass is 10.1. The number of nitrogens with one attached hydrogen (secondary N) is 1. The molecule has 3 aromatic rings. The molecule has 0 saturated heterocycles. The minimum atomic E-state index is -4.83. The number of amides is 2. The summed E-state index contributed by atoms with van der Waals surface area (Å²) >= 11 is 0. The molecular weight excluding hydrogens is 397 g/mol. The van der Waals surface area contributed by atoms with Crippen molar-refractivity contribution in [3.05, 3.63) is 75.5 Å². The Morgan fingerprint density at radius 2 is 2.10 bits per heavy atom. The van der Waals surface area contributed by atoms with Crippen molar-refractivity contribution in [1.29, 1.82) is 0 Å². The fourth-order valence-electron chi connectivity index (χ4n) is 2.25. The van der Waals surface area contributed by atoms with Crippen LogP contribution in [0.4, 0.5) is 35.2 Å². The molecule has 10 nitrogen and oxygen atoms in total. The minimum Gasteiger partial charge on any atom is -0.424 e. The number of nitro groups is 1. The molecule has 0 radical (unpaired) electrons. The molecule has 3 rings (SSSR count). The predicted octanol–water partition coefficient (Wildman–Crippen LogP) is 3.57. The van der Waals surface area contributed by atoms with Crippen LogP contribution < -0.4 is 10.00 Å². The Morgan fingerprint density at radius 3 is 2.76 bits per heavy atom. The van der Waals surface area contributed by atoms with E-state index in [0.29, 0.717) is 17.8 Å². The number of halogens is 3. The summed E-state index contributed by atoms with van der Waals surface area (Å²) < 4.78 is 44.8. The van der Waals surface area contributed by atoms with Crippen LogP contribution in [0.5, 0.6) is 0 Å². The SMILES string of the molecule is O=C([N-]c1c[n+](Cc2ccccn2)no1)Nc1cc([N+](=O)[O-])cc(C(F)(F)F)c1. The van der Waals surface area contributed by atoms with Gasteiger partial charge in [-0.15, -0.1) is 0 Å². The number of non-ortho nitro benzene ring substituents is 1. The zero-order chi connectivity index (χ0) is 21.0. The second-order valence-corrected chi connectivity index (χ2v) is 5.62. The number of urea groups is 1. The Labute approximate surface area is 160 Å². The van der Waals surface area contributed by atoms with Gasteiger partial charge in [-0.1, -0.05) is 6.07 Å². The normalized spacial score (nSPS) is 11.1. The number of nitro benzene ring substituents is 1. The Hall–Kier alpha value is -4.03. The van der Waals surface area contributed by atoms with Crippen LogP contribution in [-0.2, 0) is 12.7 Å². The van der Waals surface area contributed by atoms with Crippen molar-refractivity contribution in [3.8, 4) is 0 Å². The second-order valence-electron chi connectivity index (χ2n) is 5.62. The average molecular weight is 408 g/mol. The molecule has 0 atom stereocenters. The van der Waals surface area contributed by atoms with Crippen LogP contribution >= 0.6 is 0 Å². The van der Waals surface area contributed by atoms with Crippen molar-refractivity contribution >= 4 is 23.3 Å². The van der Waals surface area contributed by atoms with E-state index in [1.807, 2.05) is 5.32 Å². The molecule has 0 aliphatic heterocycles. The van der Waals surface area contributed by atoms with Crippen LogP contribution in [0, 0.1) is 10.1 Å². The smallest absolute Gasteiger partial charge is 0.416 e. The van der Waals surface area contributed by atoms with Gasteiger partial charge in [0.15, 0.2) is 11.3 Å². The van der Waals surface area contributed by atoms with Gasteiger partial charge in [-0.2, -0.15) is 13.2 Å². The van der Waals surface area contributed by atoms with Gasteiger partial charge in [-0.3, -0.25) is 19.9 Å². The van der Waals surface area contributed by atoms with Gasteiger partial charge >= 0.3 is 6.18 Å². The number of anilines is 1. The summed E-state index contributed by atoms with van der Waals surface area (Å²) in [6, 6.07) is 5.86. The maximum atomic E-state index is 12.9. The number of rotatable bonds is 5. The van der Waals surface area contributed by atoms with Gasteiger partial charge in [0.2, 0.25) is 18.6 Å². The summed E-state index contributed by atoms with van der Waals surface area (Å²) in [5.74, 6) is -0.222. The Balaban J connectivity index is 1.69. The van der Waals surface area contributed by atoms with E-state index in [1.165, 1.54) is 10.9 Å². The van der Waals surface area contributed by atoms with Crippen molar-refractivity contribution in [2.45, 2.75) is 12.7 Å². The maximum absolute atomic E-state index is 12.9. The summed E-state index contributed by atoms with van der Waals surface area (Å²) in [6.45, 7) is 0.237. The third-order valence-corrected chi connectivity index (χ3v) is 3.47. The lowest BCUT2D eigenvalue weighted by Crippen LogP contribution is -2.35. The van der Waals surface area contributed by atoms with Gasteiger partial charge in [-0.25, -0.2) is 0 Å². The topological polar surface area (TPSA) is 129 Å². The molecule has 0 fully saturated rings. The van der Waals surface area contributed by atoms with Crippen molar-refractivity contribution in [2.24, 2.45) is 0 Å². The first-order valence-electron chi connectivity index (χ1n) is 7.86. The number of nitrogens with zero attached hydrogens (tertiary/aromatic N) is 5. The number of carbonyl (C=O) groups is 1. The fourth-order valence-corrected chi connectivity index (χ4v) is 2.25. The third kappa shape index (κ3) is 5.24. The summed E-state index contributed by atoms with van der Waals surface area (Å²) in [6.07, 6.45) is -1.96. The highest BCUT2D eigenvalue weighted by Gasteiger charge is 2.32. The van der Waals surface area contributed by atoms with Crippen molar-refractivity contribution in [2.75, 3.05) is 5.32 Å². The number of aromatic nitrogens is 3. The molecule has 1 aromatic carbocycles. The van der Waals surface area contributed by atoms with Gasteiger partial charge in [0.05, 0.1) is 10.5 Å². The molecule has 2 heterocycles. The predicted molar refractivity (Wildman–Crippen MR) is 90.2 cm³/mol. The van der Waals surface area contributed by atoms with E-state index in [1.54, 1.807) is 24.4 Å². The van der Waals surface area contributed by atoms with E-state index in [-0.39, 0.29) is 12.4 Å². The molecule has 29 heavy (non-hydrogen) atoms. The highest BCUT2D eigenvalue weighted by Crippen LogP contribution is 2.34. The molecule has 0 aliphatic carbocycles. The van der Waals surface area contributed by atoms with Crippen molar-refractivity contribution in [1.82, 2.24) is 10.3 Å². The van der Waals surface area contributed by atoms with Crippen LogP contribution in [0.2, 0.25) is 0 Å². The van der Waals surface area contributed by atoms with Crippen LogP contribution in [0.25, 0.3) is 5.32 Å². The van der Waals surface area contributed by atoms with E-state index in [0.717, 1.165) is 6.07 Å². The molecule has 150 valence electrons. The molecule has 2 aromatic heterocycles. The molecule has 0 aliphatic rings. The third-order valence-electron chi connectivity index (χ3n) is 3.47. The number of benzene rings is 1. The van der Waals surface area contributed by atoms with Crippen LogP contribution in [-0.4, -0.2) is 21.2 Å². The molecule has 2 amide bonds. The molecule has 0 saturated carbocycles. The highest BCUT2D eigenvalue weighted by atomic mass is 19.4. The van der Waals surface area contributed by atoms with Crippen LogP contribution in [0.15, 0.2) is 53.3 Å². The second kappa shape index (κ2) is 7.92. The quantitative estimate of drug-likeness (QED) is 0.390. The number of carbonyl (C=O) groups excluding carboxylic acids is 1. The zero-order valence-corrected chi connectivity index (χ0v) is 14.3. The fraction of sp³-hybridized carbons (Fsp3) is 0.125. The summed E-state index contributed by atoms with van der Waals surface area (Å²) in [7, 11) is 0. The molecule has 0 bridgehead atoms. The lowest BCUT2D eigenvalue weighted by Gasteiger charge is -2.15. The highest BCUT2D eigenvalue weighted by molar-refractivity contribution is 6.03. The van der Waals surface area contributed by atoms with Gasteiger partial charge in [0, 0.05) is 18.3 Å². The summed E-state index contributed by atoms with van der Waals surface area (Å²) in [5, 5.41) is 20.0. The summed E-state index contributed by atoms with van der Waals surface area (Å²) in [4.78, 5) is 25.9. The number of hydrogen-bond acceptors (Lipinski definition) is 6. The summed E-state index contributed by atoms with van der Waals surface area (Å²) in [5.41, 5.74) is -1.89. The Morgan fingerprint density at radius 1 is 1.31 bits per heavy atom. The maximum Gasteiger partial charge on any atom is 0.416 e. The van der Waals surface area contributed by atoms with Gasteiger partial charge in [-0.05, 0) is 28.6 Å². The number of pyridine rings is 1. The van der Waals surface area contributed by atoms with Gasteiger partial charge in [0.25, 0.3) is 5.69 Å². The Bertz CT molecular complexity index is 1040. The molecule has 13 heteroatoms. The van der Waals surface area contributed by atoms with Gasteiger partial charge < -0.3 is 15.2 Å². The largest absolute Gasteiger partial charge is 0.424 e. The molecule has 0 unspecified atom stereocenters. The minimum absolute atomic E-state index is 0.222. The average Bonchev–Trinajstić information content (AvgIpc) is 3.08. The van der Waals surface area contributed by atoms with Crippen molar-refractivity contribution < 1.29 is 32.1 Å². The Kier molecular flexibility index (Phi) is 5.38. The number of alkyl halides is 3. The van der Waals surface area contributed by atoms with E-state index in [2.05, 4.69) is 15.6 Å². The zero-order valence-electron chi connectivity index (χ0n) is 14.3. The van der Waals surface area contributed by atoms with E-state index >= 15 is 0 Å². The number of hydrogen-bond donors (Lipinski definition) is 1. The first-order chi connectivity index (χ1) is 13.7. The first-order valence-corrected chi connectivity index (χ1v) is 7.86. The van der Waals surface area contributed by atoms with Crippen molar-refractivity contribution in [3.63, 3.8) is 0 Å². The van der Waals surface area contributed by atoms with E-state index in [4.69, 9.17) is 4.52 Å². The first kappa shape index (κ1) is 19.7. The van der Waals surface area contributed by atoms with E-state index < -0.39 is 34.1 Å². The molecule has 1 N–H and O–H groups in total. The van der Waals surface area contributed by atoms with Gasteiger partial charge in [0.1, 0.15) is 5.69 Å². The standard InChI is InChI=1S/C16H11F3N6O4/c17-16(18,19)10-5-12(7-13(6-10)25(27)28)21-15(26)22-14-9-24(23-29-14)8-11-3-1-2-4-20-11/h1-7,9H,8H2,(H-,21,22,23,26). The molecular formula is C16H11F3N6O4.